The van der Waals surface area contributed by atoms with Crippen molar-refractivity contribution in [3.05, 3.63) is 46.1 Å². The number of likely N-dealkylation sites (tertiary alicyclic amines) is 1. The summed E-state index contributed by atoms with van der Waals surface area (Å²) in [5.74, 6) is 0.185. The topological polar surface area (TPSA) is 53.7 Å². The molecule has 1 aliphatic rings. The van der Waals surface area contributed by atoms with E-state index >= 15 is 0 Å². The molecule has 114 valence electrons. The molecule has 3 heterocycles. The first-order chi connectivity index (χ1) is 10.7. The van der Waals surface area contributed by atoms with Gasteiger partial charge in [0.15, 0.2) is 0 Å². The first-order valence-electron chi connectivity index (χ1n) is 7.25. The summed E-state index contributed by atoms with van der Waals surface area (Å²) in [4.78, 5) is 8.19. The lowest BCUT2D eigenvalue weighted by Gasteiger charge is -2.27. The normalized spacial score (nSPS) is 17.3. The number of aromatic nitrogens is 3. The van der Waals surface area contributed by atoms with Gasteiger partial charge in [-0.05, 0) is 43.6 Å². The zero-order chi connectivity index (χ0) is 15.1. The molecule has 1 saturated heterocycles. The summed E-state index contributed by atoms with van der Waals surface area (Å²) in [7, 11) is 0. The number of hydrogen-bond donors (Lipinski definition) is 1. The standard InChI is InChI=1S/C15H15ClN4OS/c16-11-5-3-10(4-6-11)12(19-7-1-2-8-19)13-14(21)20-15(22-13)17-9-18-20/h3-6,9,12,21H,1-2,7-8H2. The SMILES string of the molecule is Oc1c(C(c2ccc(Cl)cc2)N2CCCC2)sc2ncnn12. The molecule has 0 saturated carbocycles. The minimum atomic E-state index is 0.0215. The van der Waals surface area contributed by atoms with Crippen LogP contribution in [0.5, 0.6) is 5.88 Å². The highest BCUT2D eigenvalue weighted by Crippen LogP contribution is 2.40. The van der Waals surface area contributed by atoms with Crippen molar-refractivity contribution < 1.29 is 5.11 Å². The molecule has 1 N–H and O–H groups in total. The number of nitrogens with zero attached hydrogens (tertiary/aromatic N) is 4. The van der Waals surface area contributed by atoms with Gasteiger partial charge in [-0.15, -0.1) is 0 Å². The first-order valence-corrected chi connectivity index (χ1v) is 8.44. The fraction of sp³-hybridized carbons (Fsp3) is 0.333. The number of benzene rings is 1. The summed E-state index contributed by atoms with van der Waals surface area (Å²) < 4.78 is 1.50. The Bertz CT molecular complexity index is 792. The van der Waals surface area contributed by atoms with Crippen molar-refractivity contribution in [1.29, 1.82) is 0 Å². The van der Waals surface area contributed by atoms with Crippen LogP contribution in [-0.2, 0) is 0 Å². The second-order valence-corrected chi connectivity index (χ2v) is 6.89. The van der Waals surface area contributed by atoms with E-state index in [0.29, 0.717) is 4.96 Å². The second-order valence-electron chi connectivity index (χ2n) is 5.44. The predicted molar refractivity (Wildman–Crippen MR) is 86.6 cm³/mol. The molecule has 0 aliphatic carbocycles. The van der Waals surface area contributed by atoms with Crippen molar-refractivity contribution in [2.75, 3.05) is 13.1 Å². The summed E-state index contributed by atoms with van der Waals surface area (Å²) in [6, 6.07) is 7.87. The molecule has 0 spiro atoms. The number of rotatable bonds is 3. The van der Waals surface area contributed by atoms with Crippen LogP contribution in [0.25, 0.3) is 4.96 Å². The molecule has 1 atom stereocenters. The molecule has 1 aromatic carbocycles. The van der Waals surface area contributed by atoms with Crippen LogP contribution in [-0.4, -0.2) is 37.7 Å². The van der Waals surface area contributed by atoms with Gasteiger partial charge in [0.25, 0.3) is 0 Å². The van der Waals surface area contributed by atoms with Gasteiger partial charge in [-0.3, -0.25) is 4.90 Å². The highest BCUT2D eigenvalue weighted by atomic mass is 35.5. The van der Waals surface area contributed by atoms with Gasteiger partial charge in [0, 0.05) is 5.02 Å². The van der Waals surface area contributed by atoms with Crippen molar-refractivity contribution in [2.45, 2.75) is 18.9 Å². The predicted octanol–water partition coefficient (Wildman–Crippen LogP) is 3.34. The van der Waals surface area contributed by atoms with Crippen molar-refractivity contribution in [2.24, 2.45) is 0 Å². The zero-order valence-electron chi connectivity index (χ0n) is 11.8. The number of fused-ring (bicyclic) bond motifs is 1. The van der Waals surface area contributed by atoms with Crippen LogP contribution in [0.3, 0.4) is 0 Å². The van der Waals surface area contributed by atoms with Gasteiger partial charge in [-0.1, -0.05) is 35.1 Å². The van der Waals surface area contributed by atoms with Crippen LogP contribution in [0.15, 0.2) is 30.6 Å². The smallest absolute Gasteiger partial charge is 0.230 e. The molecule has 1 aliphatic heterocycles. The van der Waals surface area contributed by atoms with Crippen molar-refractivity contribution in [3.8, 4) is 5.88 Å². The third-order valence-corrected chi connectivity index (χ3v) is 5.42. The molecule has 0 bridgehead atoms. The van der Waals surface area contributed by atoms with Gasteiger partial charge in [0.1, 0.15) is 6.33 Å². The van der Waals surface area contributed by atoms with E-state index in [-0.39, 0.29) is 11.9 Å². The van der Waals surface area contributed by atoms with E-state index < -0.39 is 0 Å². The number of thiazole rings is 1. The highest BCUT2D eigenvalue weighted by Gasteiger charge is 2.30. The Kier molecular flexibility index (Phi) is 3.52. The van der Waals surface area contributed by atoms with Crippen LogP contribution in [0.4, 0.5) is 0 Å². The molecule has 0 radical (unpaired) electrons. The summed E-state index contributed by atoms with van der Waals surface area (Å²) in [6.45, 7) is 2.06. The van der Waals surface area contributed by atoms with Crippen LogP contribution < -0.4 is 0 Å². The van der Waals surface area contributed by atoms with E-state index in [0.717, 1.165) is 28.6 Å². The third kappa shape index (κ3) is 2.27. The van der Waals surface area contributed by atoms with Gasteiger partial charge >= 0.3 is 0 Å². The van der Waals surface area contributed by atoms with E-state index in [1.807, 2.05) is 24.3 Å². The molecule has 4 rings (SSSR count). The summed E-state index contributed by atoms with van der Waals surface area (Å²) in [5.41, 5.74) is 1.13. The van der Waals surface area contributed by atoms with Gasteiger partial charge in [-0.25, -0.2) is 4.98 Å². The Morgan fingerprint density at radius 2 is 1.91 bits per heavy atom. The third-order valence-electron chi connectivity index (χ3n) is 4.08. The lowest BCUT2D eigenvalue weighted by atomic mass is 10.0. The number of halogens is 1. The molecule has 5 nitrogen and oxygen atoms in total. The van der Waals surface area contributed by atoms with Gasteiger partial charge in [-0.2, -0.15) is 9.61 Å². The molecular weight excluding hydrogens is 320 g/mol. The van der Waals surface area contributed by atoms with Crippen molar-refractivity contribution >= 4 is 27.9 Å². The maximum absolute atomic E-state index is 10.5. The van der Waals surface area contributed by atoms with Crippen LogP contribution >= 0.6 is 22.9 Å². The molecule has 0 amide bonds. The van der Waals surface area contributed by atoms with E-state index in [1.165, 1.54) is 35.0 Å². The average molecular weight is 335 g/mol. The average Bonchev–Trinajstić information content (AvgIpc) is 3.23. The summed E-state index contributed by atoms with van der Waals surface area (Å²) in [6.07, 6.45) is 3.83. The fourth-order valence-corrected chi connectivity index (χ4v) is 4.26. The monoisotopic (exact) mass is 334 g/mol. The lowest BCUT2D eigenvalue weighted by Crippen LogP contribution is -2.26. The number of aromatic hydroxyl groups is 1. The maximum atomic E-state index is 10.5. The molecule has 3 aromatic rings. The van der Waals surface area contributed by atoms with Crippen molar-refractivity contribution in [3.63, 3.8) is 0 Å². The van der Waals surface area contributed by atoms with Gasteiger partial charge < -0.3 is 5.11 Å². The Morgan fingerprint density at radius 1 is 1.18 bits per heavy atom. The molecule has 7 heteroatoms. The number of hydrogen-bond acceptors (Lipinski definition) is 5. The highest BCUT2D eigenvalue weighted by molar-refractivity contribution is 7.17. The Labute approximate surface area is 136 Å². The summed E-state index contributed by atoms with van der Waals surface area (Å²) in [5, 5.41) is 15.3. The quantitative estimate of drug-likeness (QED) is 0.798. The van der Waals surface area contributed by atoms with E-state index in [9.17, 15) is 5.11 Å². The lowest BCUT2D eigenvalue weighted by molar-refractivity contribution is 0.277. The molecule has 22 heavy (non-hydrogen) atoms. The van der Waals surface area contributed by atoms with E-state index in [2.05, 4.69) is 15.0 Å². The minimum Gasteiger partial charge on any atom is -0.492 e. The largest absolute Gasteiger partial charge is 0.492 e. The zero-order valence-corrected chi connectivity index (χ0v) is 13.4. The molecule has 1 unspecified atom stereocenters. The Morgan fingerprint density at radius 3 is 2.59 bits per heavy atom. The fourth-order valence-electron chi connectivity index (χ4n) is 3.05. The molecular formula is C15H15ClN4OS. The van der Waals surface area contributed by atoms with Crippen molar-refractivity contribution in [1.82, 2.24) is 19.5 Å². The Balaban J connectivity index is 1.84. The Hall–Kier alpha value is -1.63. The van der Waals surface area contributed by atoms with Gasteiger partial charge in [0.2, 0.25) is 10.8 Å². The van der Waals surface area contributed by atoms with Crippen LogP contribution in [0.2, 0.25) is 5.02 Å². The van der Waals surface area contributed by atoms with Crippen LogP contribution in [0.1, 0.15) is 29.3 Å². The maximum Gasteiger partial charge on any atom is 0.230 e. The molecule has 1 fully saturated rings. The minimum absolute atomic E-state index is 0.0215. The van der Waals surface area contributed by atoms with E-state index in [1.54, 1.807) is 0 Å². The first kappa shape index (κ1) is 14.0. The van der Waals surface area contributed by atoms with E-state index in [4.69, 9.17) is 11.6 Å². The molecule has 2 aromatic heterocycles. The van der Waals surface area contributed by atoms with Crippen LogP contribution in [0, 0.1) is 0 Å². The summed E-state index contributed by atoms with van der Waals surface area (Å²) >= 11 is 7.50. The van der Waals surface area contributed by atoms with Gasteiger partial charge in [0.05, 0.1) is 10.9 Å². The second kappa shape index (κ2) is 5.53.